The average Bonchev–Trinajstić information content (AvgIpc) is 3.55. The lowest BCUT2D eigenvalue weighted by atomic mass is 9.83. The van der Waals surface area contributed by atoms with Crippen molar-refractivity contribution in [3.63, 3.8) is 0 Å². The number of aliphatic hydroxyl groups excluding tert-OH is 2. The van der Waals surface area contributed by atoms with E-state index in [-0.39, 0.29) is 59.6 Å². The maximum atomic E-state index is 11.6. The monoisotopic (exact) mass is 795 g/mol. The third-order valence-electron chi connectivity index (χ3n) is 13.7. The van der Waals surface area contributed by atoms with E-state index in [4.69, 9.17) is 18.6 Å². The summed E-state index contributed by atoms with van der Waals surface area (Å²) in [6.07, 6.45) is 27.0. The summed E-state index contributed by atoms with van der Waals surface area (Å²) in [7, 11) is -1.93. The molecular weight excluding hydrogens is 701 g/mol. The number of ether oxygens (including phenoxy) is 3. The van der Waals surface area contributed by atoms with Gasteiger partial charge in [0.05, 0.1) is 30.5 Å². The molecule has 55 heavy (non-hydrogen) atoms. The van der Waals surface area contributed by atoms with E-state index in [1.807, 2.05) is 13.8 Å². The second-order valence-corrected chi connectivity index (χ2v) is 24.5. The van der Waals surface area contributed by atoms with Gasteiger partial charge in [-0.15, -0.1) is 0 Å². The third kappa shape index (κ3) is 18.7. The molecule has 2 N–H and O–H groups in total. The molecule has 0 spiro atoms. The van der Waals surface area contributed by atoms with Gasteiger partial charge >= 0.3 is 0 Å². The predicted octanol–water partition coefficient (Wildman–Crippen LogP) is 13.2. The Morgan fingerprint density at radius 2 is 1.13 bits per heavy atom. The van der Waals surface area contributed by atoms with Gasteiger partial charge < -0.3 is 28.8 Å². The lowest BCUT2D eigenvalue weighted by molar-refractivity contribution is -0.167. The Balaban J connectivity index is 2.16. The molecule has 11 atom stereocenters. The van der Waals surface area contributed by atoms with Crippen molar-refractivity contribution in [1.82, 2.24) is 0 Å². The normalized spacial score (nSPS) is 28.1. The smallest absolute Gasteiger partial charge is 0.192 e. The molecule has 0 amide bonds. The van der Waals surface area contributed by atoms with Crippen LogP contribution in [0.5, 0.6) is 0 Å². The van der Waals surface area contributed by atoms with Crippen molar-refractivity contribution in [3.05, 3.63) is 12.2 Å². The van der Waals surface area contributed by atoms with E-state index in [1.165, 1.54) is 77.0 Å². The van der Waals surface area contributed by atoms with Gasteiger partial charge in [-0.25, -0.2) is 0 Å². The molecule has 0 bridgehead atoms. The van der Waals surface area contributed by atoms with Crippen LogP contribution in [0, 0.1) is 29.6 Å². The Morgan fingerprint density at radius 1 is 0.636 bits per heavy atom. The molecule has 1 unspecified atom stereocenters. The largest absolute Gasteiger partial charge is 0.414 e. The van der Waals surface area contributed by atoms with Crippen molar-refractivity contribution in [2.75, 3.05) is 6.61 Å². The van der Waals surface area contributed by atoms with Gasteiger partial charge in [-0.1, -0.05) is 131 Å². The van der Waals surface area contributed by atoms with E-state index < -0.39 is 14.4 Å². The molecule has 0 radical (unpaired) electrons. The summed E-state index contributed by atoms with van der Waals surface area (Å²) < 4.78 is 26.0. The molecule has 0 saturated heterocycles. The van der Waals surface area contributed by atoms with Crippen LogP contribution < -0.4 is 0 Å². The maximum Gasteiger partial charge on any atom is 0.192 e. The maximum absolute atomic E-state index is 11.6. The van der Waals surface area contributed by atoms with E-state index in [0.717, 1.165) is 44.9 Å². The van der Waals surface area contributed by atoms with Crippen LogP contribution in [-0.2, 0) is 18.6 Å². The molecule has 0 aliphatic heterocycles. The van der Waals surface area contributed by atoms with E-state index in [9.17, 15) is 10.2 Å². The summed E-state index contributed by atoms with van der Waals surface area (Å²) in [5.41, 5.74) is 0. The van der Waals surface area contributed by atoms with Crippen molar-refractivity contribution in [2.45, 2.75) is 259 Å². The van der Waals surface area contributed by atoms with Gasteiger partial charge in [-0.3, -0.25) is 0 Å². The Hall–Kier alpha value is -0.283. The average molecular weight is 795 g/mol. The van der Waals surface area contributed by atoms with Gasteiger partial charge in [0, 0.05) is 25.6 Å². The van der Waals surface area contributed by atoms with Crippen molar-refractivity contribution in [1.29, 1.82) is 0 Å². The van der Waals surface area contributed by atoms with E-state index in [2.05, 4.69) is 80.6 Å². The van der Waals surface area contributed by atoms with Crippen LogP contribution in [0.2, 0.25) is 18.1 Å². The highest BCUT2D eigenvalue weighted by Gasteiger charge is 2.45. The molecule has 0 heterocycles. The molecule has 0 aromatic heterocycles. The lowest BCUT2D eigenvalue weighted by Crippen LogP contribution is -2.44. The van der Waals surface area contributed by atoms with Crippen molar-refractivity contribution in [2.24, 2.45) is 29.6 Å². The lowest BCUT2D eigenvalue weighted by Gasteiger charge is -2.40. The molecule has 6 nitrogen and oxygen atoms in total. The van der Waals surface area contributed by atoms with Gasteiger partial charge in [0.2, 0.25) is 0 Å². The van der Waals surface area contributed by atoms with Gasteiger partial charge in [-0.05, 0) is 114 Å². The Labute approximate surface area is 343 Å². The fourth-order valence-electron chi connectivity index (χ4n) is 9.38. The van der Waals surface area contributed by atoms with Crippen LogP contribution in [0.25, 0.3) is 0 Å². The number of allylic oxidation sites excluding steroid dienone is 2. The van der Waals surface area contributed by atoms with E-state index in [1.54, 1.807) is 0 Å². The summed E-state index contributed by atoms with van der Waals surface area (Å²) in [4.78, 5) is 0. The highest BCUT2D eigenvalue weighted by Crippen LogP contribution is 2.44. The van der Waals surface area contributed by atoms with Crippen LogP contribution in [-0.4, -0.2) is 68.1 Å². The first-order valence-electron chi connectivity index (χ1n) is 23.7. The van der Waals surface area contributed by atoms with Gasteiger partial charge in [-0.2, -0.15) is 0 Å². The van der Waals surface area contributed by atoms with Crippen LogP contribution in [0.3, 0.4) is 0 Å². The fourth-order valence-corrected chi connectivity index (χ4v) is 10.8. The molecule has 2 aliphatic carbocycles. The SMILES string of the molecule is CCCCCCC[C@H](C)CC[C@@H]1[C@@H](C/C=C/C[C@@H]2[C@@H](CC[C@H](CCCCCCC)O[Si](C)(C)C(C)(C)C)[C@H](OC(C)OCC)C[C@@H]2O)[C@@H](O)C[C@H]1OC(C)C. The van der Waals surface area contributed by atoms with E-state index >= 15 is 0 Å². The molecule has 2 rings (SSSR count). The van der Waals surface area contributed by atoms with Gasteiger partial charge in [0.25, 0.3) is 0 Å². The topological polar surface area (TPSA) is 77.4 Å². The fraction of sp³-hybridized carbons (Fsp3) is 0.958. The molecule has 2 fully saturated rings. The summed E-state index contributed by atoms with van der Waals surface area (Å²) in [5, 5.41) is 23.1. The first kappa shape index (κ1) is 50.9. The van der Waals surface area contributed by atoms with Crippen molar-refractivity contribution >= 4 is 8.32 Å². The number of unbranched alkanes of at least 4 members (excludes halogenated alkanes) is 8. The van der Waals surface area contributed by atoms with Crippen LogP contribution in [0.4, 0.5) is 0 Å². The predicted molar refractivity (Wildman–Crippen MR) is 236 cm³/mol. The standard InChI is InChI=1S/C48H94O6Si/c1-13-16-18-20-22-26-37(6)30-32-42-40(44(49)34-46(42)52-36(4)5)28-24-25-29-41-43(47(35-45(41)50)53-38(7)51-15-3)33-31-39(27-23-21-19-17-14-2)54-55(11,12)48(8,9)10/h24-25,36-47,49-50H,13-23,26-35H2,1-12H3/b25-24+/t37-,38?,39-,40+,41+,42+,43+,44-,45-,46+,47+/m0/s1. The zero-order valence-corrected chi connectivity index (χ0v) is 39.5. The summed E-state index contributed by atoms with van der Waals surface area (Å²) in [6, 6.07) is 0. The van der Waals surface area contributed by atoms with Crippen LogP contribution in [0.15, 0.2) is 12.2 Å². The zero-order chi connectivity index (χ0) is 41.0. The molecular formula is C48H94O6Si. The minimum atomic E-state index is -1.93. The molecule has 2 saturated carbocycles. The number of rotatable bonds is 30. The molecule has 2 aliphatic rings. The van der Waals surface area contributed by atoms with Crippen LogP contribution >= 0.6 is 0 Å². The highest BCUT2D eigenvalue weighted by molar-refractivity contribution is 6.74. The number of hydrogen-bond donors (Lipinski definition) is 2. The molecule has 0 aromatic carbocycles. The Morgan fingerprint density at radius 3 is 1.62 bits per heavy atom. The minimum absolute atomic E-state index is 0.0309. The molecule has 0 aromatic rings. The first-order valence-corrected chi connectivity index (χ1v) is 26.6. The second-order valence-electron chi connectivity index (χ2n) is 19.8. The molecule has 7 heteroatoms. The quantitative estimate of drug-likeness (QED) is 0.0326. The summed E-state index contributed by atoms with van der Waals surface area (Å²) in [6.45, 7) is 27.6. The Kier molecular flexibility index (Phi) is 24.7. The minimum Gasteiger partial charge on any atom is -0.414 e. The molecule has 326 valence electrons. The van der Waals surface area contributed by atoms with Gasteiger partial charge in [0.15, 0.2) is 14.6 Å². The van der Waals surface area contributed by atoms with Crippen LogP contribution in [0.1, 0.15) is 198 Å². The second kappa shape index (κ2) is 26.7. The third-order valence-corrected chi connectivity index (χ3v) is 18.2. The first-order chi connectivity index (χ1) is 26.0. The summed E-state index contributed by atoms with van der Waals surface area (Å²) in [5.74, 6) is 1.68. The summed E-state index contributed by atoms with van der Waals surface area (Å²) >= 11 is 0. The number of hydrogen-bond acceptors (Lipinski definition) is 6. The van der Waals surface area contributed by atoms with E-state index in [0.29, 0.717) is 24.9 Å². The number of aliphatic hydroxyl groups is 2. The van der Waals surface area contributed by atoms with Gasteiger partial charge in [0.1, 0.15) is 0 Å². The van der Waals surface area contributed by atoms with Crippen molar-refractivity contribution in [3.8, 4) is 0 Å². The zero-order valence-electron chi connectivity index (χ0n) is 38.5. The van der Waals surface area contributed by atoms with Crippen molar-refractivity contribution < 1.29 is 28.8 Å². The highest BCUT2D eigenvalue weighted by atomic mass is 28.4. The Bertz CT molecular complexity index is 995.